The van der Waals surface area contributed by atoms with Gasteiger partial charge in [-0.15, -0.1) is 0 Å². The number of esters is 1. The molecule has 1 rings (SSSR count). The van der Waals surface area contributed by atoms with Gasteiger partial charge in [0, 0.05) is 18.7 Å². The predicted molar refractivity (Wildman–Crippen MR) is 93.3 cm³/mol. The topological polar surface area (TPSA) is 59.1 Å². The van der Waals surface area contributed by atoms with Crippen molar-refractivity contribution in [1.29, 1.82) is 0 Å². The summed E-state index contributed by atoms with van der Waals surface area (Å²) in [5.74, 6) is 0.255. The summed E-state index contributed by atoms with van der Waals surface area (Å²) in [7, 11) is 5.55. The van der Waals surface area contributed by atoms with Crippen molar-refractivity contribution in [3.8, 4) is 5.75 Å². The van der Waals surface area contributed by atoms with E-state index in [0.29, 0.717) is 31.0 Å². The molecule has 0 aliphatic rings. The first-order valence-corrected chi connectivity index (χ1v) is 8.21. The van der Waals surface area contributed by atoms with Gasteiger partial charge in [-0.2, -0.15) is 0 Å². The molecule has 1 amide bonds. The van der Waals surface area contributed by atoms with Crippen LogP contribution in [0, 0.1) is 0 Å². The summed E-state index contributed by atoms with van der Waals surface area (Å²) in [6.07, 6.45) is 1.04. The van der Waals surface area contributed by atoms with Crippen LogP contribution in [0.3, 0.4) is 0 Å². The molecule has 0 saturated heterocycles. The van der Waals surface area contributed by atoms with Gasteiger partial charge in [0.15, 0.2) is 0 Å². The lowest BCUT2D eigenvalue weighted by molar-refractivity contribution is -0.143. The minimum atomic E-state index is -0.284. The molecule has 0 N–H and O–H groups in total. The van der Waals surface area contributed by atoms with Gasteiger partial charge in [-0.1, -0.05) is 6.07 Å². The van der Waals surface area contributed by atoms with E-state index in [-0.39, 0.29) is 18.3 Å². The number of carbonyl (C=O) groups is 2. The van der Waals surface area contributed by atoms with Crippen LogP contribution in [-0.4, -0.2) is 69.1 Å². The summed E-state index contributed by atoms with van der Waals surface area (Å²) in [5, 5.41) is 0. The number of methoxy groups -OCH3 is 1. The number of benzene rings is 1. The van der Waals surface area contributed by atoms with Gasteiger partial charge in [-0.3, -0.25) is 9.59 Å². The van der Waals surface area contributed by atoms with E-state index >= 15 is 0 Å². The number of carbonyl (C=O) groups excluding carboxylic acids is 2. The molecule has 1 aromatic carbocycles. The smallest absolute Gasteiger partial charge is 0.307 e. The van der Waals surface area contributed by atoms with Crippen LogP contribution in [0.1, 0.15) is 30.1 Å². The van der Waals surface area contributed by atoms with Gasteiger partial charge in [-0.05, 0) is 52.2 Å². The van der Waals surface area contributed by atoms with Gasteiger partial charge < -0.3 is 19.3 Å². The maximum absolute atomic E-state index is 12.8. The molecule has 24 heavy (non-hydrogen) atoms. The molecular weight excluding hydrogens is 308 g/mol. The Bertz CT molecular complexity index is 532. The van der Waals surface area contributed by atoms with E-state index in [1.54, 1.807) is 43.2 Å². The van der Waals surface area contributed by atoms with Crippen molar-refractivity contribution in [2.45, 2.75) is 19.8 Å². The summed E-state index contributed by atoms with van der Waals surface area (Å²) in [6, 6.07) is 7.06. The number of amides is 1. The highest BCUT2D eigenvalue weighted by molar-refractivity contribution is 5.94. The average Bonchev–Trinajstić information content (AvgIpc) is 2.57. The molecule has 0 spiro atoms. The van der Waals surface area contributed by atoms with Crippen molar-refractivity contribution in [1.82, 2.24) is 9.80 Å². The number of hydrogen-bond acceptors (Lipinski definition) is 5. The van der Waals surface area contributed by atoms with E-state index in [2.05, 4.69) is 4.90 Å². The highest BCUT2D eigenvalue weighted by Gasteiger charge is 2.17. The van der Waals surface area contributed by atoms with Crippen molar-refractivity contribution in [2.24, 2.45) is 0 Å². The highest BCUT2D eigenvalue weighted by atomic mass is 16.5. The number of hydrogen-bond donors (Lipinski definition) is 0. The van der Waals surface area contributed by atoms with Crippen molar-refractivity contribution in [3.63, 3.8) is 0 Å². The largest absolute Gasteiger partial charge is 0.497 e. The first-order valence-electron chi connectivity index (χ1n) is 8.21. The van der Waals surface area contributed by atoms with Gasteiger partial charge in [0.25, 0.3) is 5.91 Å². The molecule has 0 fully saturated rings. The maximum Gasteiger partial charge on any atom is 0.307 e. The second-order valence-electron chi connectivity index (χ2n) is 5.74. The van der Waals surface area contributed by atoms with Crippen LogP contribution in [0.15, 0.2) is 24.3 Å². The van der Waals surface area contributed by atoms with Crippen molar-refractivity contribution in [3.05, 3.63) is 29.8 Å². The lowest BCUT2D eigenvalue weighted by Crippen LogP contribution is -2.35. The van der Waals surface area contributed by atoms with E-state index in [9.17, 15) is 9.59 Å². The lowest BCUT2D eigenvalue weighted by Gasteiger charge is -2.23. The van der Waals surface area contributed by atoms with Crippen molar-refractivity contribution >= 4 is 11.9 Å². The van der Waals surface area contributed by atoms with E-state index in [4.69, 9.17) is 9.47 Å². The molecule has 0 atom stereocenters. The molecule has 134 valence electrons. The molecule has 0 unspecified atom stereocenters. The van der Waals surface area contributed by atoms with Gasteiger partial charge in [0.05, 0.1) is 20.1 Å². The van der Waals surface area contributed by atoms with Crippen molar-refractivity contribution < 1.29 is 19.1 Å². The third-order valence-electron chi connectivity index (χ3n) is 3.53. The molecule has 0 aliphatic heterocycles. The second-order valence-corrected chi connectivity index (χ2v) is 5.74. The standard InChI is InChI=1S/C18H28N2O4/c1-5-24-17(21)10-13-20(12-7-11-19(2)3)18(22)15-8-6-9-16(14-15)23-4/h6,8-9,14H,5,7,10-13H2,1-4H3. The van der Waals surface area contributed by atoms with E-state index in [1.807, 2.05) is 14.1 Å². The van der Waals surface area contributed by atoms with Gasteiger partial charge >= 0.3 is 5.97 Å². The lowest BCUT2D eigenvalue weighted by atomic mass is 10.1. The van der Waals surface area contributed by atoms with Gasteiger partial charge in [-0.25, -0.2) is 0 Å². The zero-order chi connectivity index (χ0) is 17.9. The molecule has 6 heteroatoms. The molecule has 6 nitrogen and oxygen atoms in total. The second kappa shape index (κ2) is 10.6. The number of rotatable bonds is 10. The zero-order valence-electron chi connectivity index (χ0n) is 15.1. The first kappa shape index (κ1) is 20.0. The first-order chi connectivity index (χ1) is 11.5. The van der Waals surface area contributed by atoms with Crippen LogP contribution in [0.25, 0.3) is 0 Å². The van der Waals surface area contributed by atoms with Crippen LogP contribution in [-0.2, 0) is 9.53 Å². The molecule has 0 aliphatic carbocycles. The minimum Gasteiger partial charge on any atom is -0.497 e. The van der Waals surface area contributed by atoms with Crippen LogP contribution in [0.2, 0.25) is 0 Å². The van der Waals surface area contributed by atoms with Gasteiger partial charge in [0.1, 0.15) is 5.75 Å². The summed E-state index contributed by atoms with van der Waals surface area (Å²) in [6.45, 7) is 3.94. The minimum absolute atomic E-state index is 0.100. The third-order valence-corrected chi connectivity index (χ3v) is 3.53. The molecule has 0 bridgehead atoms. The Balaban J connectivity index is 2.76. The Morgan fingerprint density at radius 2 is 1.88 bits per heavy atom. The highest BCUT2D eigenvalue weighted by Crippen LogP contribution is 2.15. The number of ether oxygens (including phenoxy) is 2. The summed E-state index contributed by atoms with van der Waals surface area (Å²) < 4.78 is 10.1. The Morgan fingerprint density at radius 1 is 1.12 bits per heavy atom. The quantitative estimate of drug-likeness (QED) is 0.612. The molecule has 0 heterocycles. The fourth-order valence-electron chi connectivity index (χ4n) is 2.29. The predicted octanol–water partition coefficient (Wildman–Crippen LogP) is 2.04. The average molecular weight is 336 g/mol. The Kier molecular flexibility index (Phi) is 8.86. The summed E-state index contributed by atoms with van der Waals surface area (Å²) in [5.41, 5.74) is 0.558. The normalized spacial score (nSPS) is 10.5. The van der Waals surface area contributed by atoms with Crippen molar-refractivity contribution in [2.75, 3.05) is 47.4 Å². The Morgan fingerprint density at radius 3 is 2.50 bits per heavy atom. The molecule has 0 radical (unpaired) electrons. The monoisotopic (exact) mass is 336 g/mol. The SMILES string of the molecule is CCOC(=O)CCN(CCCN(C)C)C(=O)c1cccc(OC)c1. The van der Waals surface area contributed by atoms with E-state index in [0.717, 1.165) is 13.0 Å². The molecule has 1 aromatic rings. The Labute approximate surface area is 144 Å². The van der Waals surface area contributed by atoms with Crippen LogP contribution in [0.5, 0.6) is 5.75 Å². The Hall–Kier alpha value is -2.08. The van der Waals surface area contributed by atoms with E-state index in [1.165, 1.54) is 0 Å². The summed E-state index contributed by atoms with van der Waals surface area (Å²) in [4.78, 5) is 28.1. The van der Waals surface area contributed by atoms with Crippen LogP contribution in [0.4, 0.5) is 0 Å². The van der Waals surface area contributed by atoms with E-state index < -0.39 is 0 Å². The number of nitrogens with zero attached hydrogens (tertiary/aromatic N) is 2. The fraction of sp³-hybridized carbons (Fsp3) is 0.556. The fourth-order valence-corrected chi connectivity index (χ4v) is 2.29. The maximum atomic E-state index is 12.8. The molecule has 0 aromatic heterocycles. The third kappa shape index (κ3) is 7.00. The zero-order valence-corrected chi connectivity index (χ0v) is 15.1. The van der Waals surface area contributed by atoms with Gasteiger partial charge in [0.2, 0.25) is 0 Å². The van der Waals surface area contributed by atoms with Crippen LogP contribution >= 0.6 is 0 Å². The molecular formula is C18H28N2O4. The summed E-state index contributed by atoms with van der Waals surface area (Å²) >= 11 is 0. The van der Waals surface area contributed by atoms with Crippen LogP contribution < -0.4 is 4.74 Å². The molecule has 0 saturated carbocycles.